The van der Waals surface area contributed by atoms with Crippen molar-refractivity contribution in [1.82, 2.24) is 19.7 Å². The molecule has 2 aliphatic heterocycles. The van der Waals surface area contributed by atoms with E-state index in [4.69, 9.17) is 4.84 Å². The van der Waals surface area contributed by atoms with Crippen molar-refractivity contribution in [2.75, 3.05) is 11.9 Å². The molecule has 2 fully saturated rings. The lowest BCUT2D eigenvalue weighted by molar-refractivity contribution is -0.140. The summed E-state index contributed by atoms with van der Waals surface area (Å²) in [5, 5.41) is 8.58. The first kappa shape index (κ1) is 19.3. The number of hydrogen-bond acceptors (Lipinski definition) is 4. The first-order chi connectivity index (χ1) is 15.2. The van der Waals surface area contributed by atoms with Crippen LogP contribution in [-0.2, 0) is 16.2 Å². The summed E-state index contributed by atoms with van der Waals surface area (Å²) in [6.45, 7) is 0.834. The van der Waals surface area contributed by atoms with Crippen molar-refractivity contribution in [2.24, 2.45) is 0 Å². The first-order valence-electron chi connectivity index (χ1n) is 10.4. The van der Waals surface area contributed by atoms with E-state index in [1.165, 1.54) is 5.06 Å². The van der Waals surface area contributed by atoms with E-state index in [-0.39, 0.29) is 18.0 Å². The van der Waals surface area contributed by atoms with Crippen LogP contribution in [0.2, 0.25) is 0 Å². The Morgan fingerprint density at radius 3 is 2.61 bits per heavy atom. The molecule has 0 saturated carbocycles. The Morgan fingerprint density at radius 2 is 1.87 bits per heavy atom. The second kappa shape index (κ2) is 8.23. The van der Waals surface area contributed by atoms with Gasteiger partial charge in [0.1, 0.15) is 12.6 Å². The topological polar surface area (TPSA) is 79.7 Å². The minimum Gasteiger partial charge on any atom is -0.324 e. The van der Waals surface area contributed by atoms with Crippen LogP contribution >= 0.6 is 0 Å². The predicted octanol–water partition coefficient (Wildman–Crippen LogP) is 3.21. The Hall–Kier alpha value is -3.65. The molecule has 31 heavy (non-hydrogen) atoms. The molecule has 2 aromatic carbocycles. The molecule has 0 spiro atoms. The standard InChI is InChI=1S/C23H23N5O3/c29-22(25-18-7-9-19(10-8-18)27-14-4-13-24-27)21-12-11-20-15-26(21)23(30)28(20)31-16-17-5-2-1-3-6-17/h1-10,13-14,20-21H,11-12,15-16H2,(H,25,29)/t20?,21-/m0/s1. The molecule has 158 valence electrons. The van der Waals surface area contributed by atoms with Gasteiger partial charge in [-0.25, -0.2) is 9.48 Å². The van der Waals surface area contributed by atoms with Gasteiger partial charge in [0.15, 0.2) is 0 Å². The second-order valence-electron chi connectivity index (χ2n) is 7.75. The van der Waals surface area contributed by atoms with Gasteiger partial charge < -0.3 is 10.2 Å². The molecule has 3 aromatic rings. The number of carbonyl (C=O) groups is 2. The number of carbonyl (C=O) groups excluding carboxylic acids is 2. The van der Waals surface area contributed by atoms with Crippen LogP contribution in [0.1, 0.15) is 18.4 Å². The molecule has 8 nitrogen and oxygen atoms in total. The van der Waals surface area contributed by atoms with E-state index < -0.39 is 6.04 Å². The zero-order chi connectivity index (χ0) is 21.2. The SMILES string of the molecule is O=C(Nc1ccc(-n2cccn2)cc1)[C@@H]1CCC2CN1C(=O)N2OCc1ccccc1. The molecule has 3 heterocycles. The van der Waals surface area contributed by atoms with Gasteiger partial charge in [-0.3, -0.25) is 9.63 Å². The van der Waals surface area contributed by atoms with E-state index in [1.807, 2.05) is 66.9 Å². The van der Waals surface area contributed by atoms with Crippen molar-refractivity contribution in [1.29, 1.82) is 0 Å². The zero-order valence-corrected chi connectivity index (χ0v) is 16.9. The normalized spacial score (nSPS) is 20.2. The van der Waals surface area contributed by atoms with E-state index >= 15 is 0 Å². The molecule has 0 radical (unpaired) electrons. The van der Waals surface area contributed by atoms with Crippen molar-refractivity contribution in [3.63, 3.8) is 0 Å². The summed E-state index contributed by atoms with van der Waals surface area (Å²) >= 11 is 0. The first-order valence-corrected chi connectivity index (χ1v) is 10.4. The molecule has 1 aromatic heterocycles. The molecule has 5 rings (SSSR count). The molecule has 2 saturated heterocycles. The fourth-order valence-electron chi connectivity index (χ4n) is 4.13. The third kappa shape index (κ3) is 3.89. The van der Waals surface area contributed by atoms with Gasteiger partial charge in [0.05, 0.1) is 11.7 Å². The smallest absolute Gasteiger partial charge is 0.324 e. The van der Waals surface area contributed by atoms with Crippen molar-refractivity contribution >= 4 is 17.6 Å². The Morgan fingerprint density at radius 1 is 1.06 bits per heavy atom. The van der Waals surface area contributed by atoms with E-state index in [9.17, 15) is 9.59 Å². The summed E-state index contributed by atoms with van der Waals surface area (Å²) < 4.78 is 1.75. The number of benzene rings is 2. The number of rotatable bonds is 6. The molecule has 0 aliphatic carbocycles. The summed E-state index contributed by atoms with van der Waals surface area (Å²) in [5.74, 6) is -0.177. The highest BCUT2D eigenvalue weighted by Gasteiger charge is 2.47. The number of anilines is 1. The largest absolute Gasteiger partial charge is 0.345 e. The Kier molecular flexibility index (Phi) is 5.13. The van der Waals surface area contributed by atoms with Gasteiger partial charge in [-0.15, -0.1) is 0 Å². The fourth-order valence-corrected chi connectivity index (χ4v) is 4.13. The van der Waals surface area contributed by atoms with Crippen molar-refractivity contribution < 1.29 is 14.4 Å². The second-order valence-corrected chi connectivity index (χ2v) is 7.75. The third-order valence-corrected chi connectivity index (χ3v) is 5.74. The predicted molar refractivity (Wildman–Crippen MR) is 114 cm³/mol. The van der Waals surface area contributed by atoms with Crippen LogP contribution < -0.4 is 5.32 Å². The van der Waals surface area contributed by atoms with Crippen molar-refractivity contribution in [3.05, 3.63) is 78.6 Å². The van der Waals surface area contributed by atoms with Crippen molar-refractivity contribution in [2.45, 2.75) is 31.5 Å². The molecule has 2 aliphatic rings. The Bertz CT molecular complexity index is 1050. The molecule has 1 N–H and O–H groups in total. The molecule has 8 heteroatoms. The molecular weight excluding hydrogens is 394 g/mol. The quantitative estimate of drug-likeness (QED) is 0.668. The molecule has 2 atom stereocenters. The number of hydroxylamine groups is 2. The van der Waals surface area contributed by atoms with Gasteiger partial charge in [0.2, 0.25) is 5.91 Å². The van der Waals surface area contributed by atoms with E-state index in [0.717, 1.165) is 17.7 Å². The summed E-state index contributed by atoms with van der Waals surface area (Å²) in [4.78, 5) is 33.2. The molecule has 2 bridgehead atoms. The van der Waals surface area contributed by atoms with E-state index in [1.54, 1.807) is 15.8 Å². The van der Waals surface area contributed by atoms with Gasteiger partial charge in [-0.2, -0.15) is 10.2 Å². The number of nitrogens with one attached hydrogen (secondary N) is 1. The maximum atomic E-state index is 12.9. The Labute approximate surface area is 180 Å². The number of hydrogen-bond donors (Lipinski definition) is 1. The maximum absolute atomic E-state index is 12.9. The summed E-state index contributed by atoms with van der Waals surface area (Å²) in [6.07, 6.45) is 4.91. The average molecular weight is 417 g/mol. The van der Waals surface area contributed by atoms with Gasteiger partial charge in [-0.05, 0) is 48.7 Å². The Balaban J connectivity index is 1.21. The molecule has 1 unspecified atom stereocenters. The molecular formula is C23H23N5O3. The van der Waals surface area contributed by atoms with Gasteiger partial charge in [0, 0.05) is 24.6 Å². The van der Waals surface area contributed by atoms with E-state index in [2.05, 4.69) is 10.4 Å². The lowest BCUT2D eigenvalue weighted by Gasteiger charge is -2.29. The number of fused-ring (bicyclic) bond motifs is 2. The lowest BCUT2D eigenvalue weighted by atomic mass is 10.0. The summed E-state index contributed by atoms with van der Waals surface area (Å²) in [6, 6.07) is 18.3. The van der Waals surface area contributed by atoms with Gasteiger partial charge in [0.25, 0.3) is 0 Å². The van der Waals surface area contributed by atoms with Gasteiger partial charge in [-0.1, -0.05) is 30.3 Å². The minimum absolute atomic E-state index is 0.0198. The lowest BCUT2D eigenvalue weighted by Crippen LogP contribution is -2.47. The highest BCUT2D eigenvalue weighted by molar-refractivity contribution is 5.97. The fraction of sp³-hybridized carbons (Fsp3) is 0.261. The van der Waals surface area contributed by atoms with Crippen LogP contribution in [0, 0.1) is 0 Å². The van der Waals surface area contributed by atoms with Crippen LogP contribution in [-0.4, -0.2) is 50.3 Å². The van der Waals surface area contributed by atoms with Crippen LogP contribution in [0.5, 0.6) is 0 Å². The number of amides is 3. The monoisotopic (exact) mass is 417 g/mol. The third-order valence-electron chi connectivity index (χ3n) is 5.74. The number of aromatic nitrogens is 2. The molecule has 3 amide bonds. The summed E-state index contributed by atoms with van der Waals surface area (Å²) in [5.41, 5.74) is 2.59. The van der Waals surface area contributed by atoms with Crippen LogP contribution in [0.3, 0.4) is 0 Å². The summed E-state index contributed by atoms with van der Waals surface area (Å²) in [7, 11) is 0. The number of urea groups is 1. The van der Waals surface area contributed by atoms with Crippen molar-refractivity contribution in [3.8, 4) is 5.69 Å². The highest BCUT2D eigenvalue weighted by Crippen LogP contribution is 2.31. The average Bonchev–Trinajstić information content (AvgIpc) is 3.42. The van der Waals surface area contributed by atoms with E-state index in [0.29, 0.717) is 25.3 Å². The van der Waals surface area contributed by atoms with Crippen LogP contribution in [0.25, 0.3) is 5.69 Å². The van der Waals surface area contributed by atoms with Gasteiger partial charge >= 0.3 is 6.03 Å². The number of nitrogens with zero attached hydrogens (tertiary/aromatic N) is 4. The maximum Gasteiger partial charge on any atom is 0.345 e. The zero-order valence-electron chi connectivity index (χ0n) is 16.9. The number of piperidine rings is 1. The van der Waals surface area contributed by atoms with Crippen LogP contribution in [0.4, 0.5) is 10.5 Å². The van der Waals surface area contributed by atoms with Crippen LogP contribution in [0.15, 0.2) is 73.1 Å². The highest BCUT2D eigenvalue weighted by atomic mass is 16.7. The minimum atomic E-state index is -0.500.